The van der Waals surface area contributed by atoms with Crippen LogP contribution in [0.1, 0.15) is 93.4 Å². The van der Waals surface area contributed by atoms with Gasteiger partial charge in [0.2, 0.25) is 0 Å². The normalized spacial score (nSPS) is 23.5. The lowest BCUT2D eigenvalue weighted by Gasteiger charge is -2.34. The summed E-state index contributed by atoms with van der Waals surface area (Å²) < 4.78 is 2.69. The molecule has 2 unspecified atom stereocenters. The summed E-state index contributed by atoms with van der Waals surface area (Å²) in [7, 11) is 0. The molecule has 0 bridgehead atoms. The minimum absolute atomic E-state index is 0.440. The minimum Gasteiger partial charge on any atom is -0.342 e. The number of fused-ring (bicyclic) bond motifs is 5. The summed E-state index contributed by atoms with van der Waals surface area (Å²) in [6.07, 6.45) is 21.7. The number of thiol groups is 1. The number of hydrogen-bond acceptors (Lipinski definition) is 2. The van der Waals surface area contributed by atoms with Crippen LogP contribution in [-0.4, -0.2) is 28.6 Å². The zero-order chi connectivity index (χ0) is 22.8. The first-order valence-electron chi connectivity index (χ1n) is 13.3. The van der Waals surface area contributed by atoms with E-state index in [0.29, 0.717) is 17.9 Å². The van der Waals surface area contributed by atoms with Gasteiger partial charge in [0.25, 0.3) is 0 Å². The lowest BCUT2D eigenvalue weighted by molar-refractivity contribution is 0.216. The van der Waals surface area contributed by atoms with Gasteiger partial charge in [-0.05, 0) is 48.9 Å². The largest absolute Gasteiger partial charge is 0.342 e. The van der Waals surface area contributed by atoms with Crippen molar-refractivity contribution in [2.45, 2.75) is 89.1 Å². The molecule has 33 heavy (non-hydrogen) atoms. The van der Waals surface area contributed by atoms with Crippen LogP contribution in [-0.2, 0) is 6.54 Å². The third-order valence-corrected chi connectivity index (χ3v) is 8.50. The molecule has 5 rings (SSSR count). The van der Waals surface area contributed by atoms with Crippen LogP contribution in [0.25, 0.3) is 15.8 Å². The molecule has 3 heteroatoms. The van der Waals surface area contributed by atoms with Gasteiger partial charge >= 0.3 is 0 Å². The summed E-state index contributed by atoms with van der Waals surface area (Å²) in [5.74, 6) is 1.13. The fourth-order valence-electron chi connectivity index (χ4n) is 6.57. The highest BCUT2D eigenvalue weighted by molar-refractivity contribution is 7.90. The quantitative estimate of drug-likeness (QED) is 0.324. The molecule has 2 aliphatic carbocycles. The van der Waals surface area contributed by atoms with Crippen LogP contribution < -0.4 is 0 Å². The van der Waals surface area contributed by atoms with E-state index >= 15 is 0 Å². The van der Waals surface area contributed by atoms with Gasteiger partial charge in [-0.15, -0.1) is 12.6 Å². The molecule has 0 saturated heterocycles. The van der Waals surface area contributed by atoms with E-state index in [4.69, 9.17) is 0 Å². The second kappa shape index (κ2) is 10.3. The van der Waals surface area contributed by atoms with E-state index in [2.05, 4.69) is 78.1 Å². The number of aromatic nitrogens is 1. The van der Waals surface area contributed by atoms with Gasteiger partial charge in [-0.1, -0.05) is 88.5 Å². The van der Waals surface area contributed by atoms with E-state index in [1.54, 1.807) is 11.3 Å². The van der Waals surface area contributed by atoms with Crippen LogP contribution in [0.5, 0.6) is 0 Å². The Hall–Kier alpha value is -1.71. The predicted octanol–water partition coefficient (Wildman–Crippen LogP) is 8.06. The molecule has 3 aliphatic rings. The average Bonchev–Trinajstić information content (AvgIpc) is 3.08. The molecular weight excluding hydrogens is 420 g/mol. The molecule has 176 valence electrons. The zero-order valence-electron chi connectivity index (χ0n) is 20.3. The van der Waals surface area contributed by atoms with E-state index in [0.717, 1.165) is 23.6 Å². The standard InChI is InChI=1S/C30H40N2S/c1-3-4-5-11-18-31-19-20-32-28-21-24(22(2)33)16-17-25(28)29(23-12-7-6-8-13-23)30(32)26-14-9-10-15-27(26)31/h9-10,14-17,21,23,26-27,33H,2-8,11-13,18-20H2,1H3. The second-order valence-corrected chi connectivity index (χ2v) is 10.9. The van der Waals surface area contributed by atoms with Gasteiger partial charge in [0, 0.05) is 46.6 Å². The lowest BCUT2D eigenvalue weighted by atomic mass is 9.79. The molecular formula is C30H40N2S. The van der Waals surface area contributed by atoms with Crippen molar-refractivity contribution in [1.29, 1.82) is 0 Å². The minimum atomic E-state index is 0.440. The smallest absolute Gasteiger partial charge is 0.0492 e. The fourth-order valence-corrected chi connectivity index (χ4v) is 6.71. The van der Waals surface area contributed by atoms with E-state index in [9.17, 15) is 0 Å². The Morgan fingerprint density at radius 1 is 1.03 bits per heavy atom. The Kier molecular flexibility index (Phi) is 7.18. The topological polar surface area (TPSA) is 8.17 Å². The number of allylic oxidation sites excluding steroid dienone is 2. The zero-order valence-corrected chi connectivity index (χ0v) is 21.2. The van der Waals surface area contributed by atoms with Crippen LogP contribution >= 0.6 is 12.6 Å². The lowest BCUT2D eigenvalue weighted by Crippen LogP contribution is -2.39. The Morgan fingerprint density at radius 2 is 1.85 bits per heavy atom. The van der Waals surface area contributed by atoms with Gasteiger partial charge in [-0.25, -0.2) is 0 Å². The van der Waals surface area contributed by atoms with Gasteiger partial charge in [0.05, 0.1) is 0 Å². The molecule has 1 aliphatic heterocycles. The van der Waals surface area contributed by atoms with Gasteiger partial charge in [0.15, 0.2) is 0 Å². The molecule has 1 saturated carbocycles. The van der Waals surface area contributed by atoms with Crippen LogP contribution in [0, 0.1) is 0 Å². The third kappa shape index (κ3) is 4.51. The van der Waals surface area contributed by atoms with E-state index in [1.165, 1.54) is 75.2 Å². The van der Waals surface area contributed by atoms with Gasteiger partial charge in [-0.2, -0.15) is 0 Å². The summed E-state index contributed by atoms with van der Waals surface area (Å²) >= 11 is 4.58. The highest BCUT2D eigenvalue weighted by Crippen LogP contribution is 2.46. The molecule has 1 aromatic carbocycles. The van der Waals surface area contributed by atoms with Gasteiger partial charge in [0.1, 0.15) is 0 Å². The van der Waals surface area contributed by atoms with Crippen LogP contribution in [0.2, 0.25) is 0 Å². The maximum Gasteiger partial charge on any atom is 0.0492 e. The first kappa shape index (κ1) is 23.1. The number of unbranched alkanes of at least 4 members (excludes halogenated alkanes) is 3. The van der Waals surface area contributed by atoms with Crippen molar-refractivity contribution in [3.8, 4) is 0 Å². The Balaban J connectivity index is 1.61. The third-order valence-electron chi connectivity index (χ3n) is 8.24. The van der Waals surface area contributed by atoms with Crippen molar-refractivity contribution in [3.63, 3.8) is 0 Å². The molecule has 1 aromatic heterocycles. The number of hydrogen-bond donors (Lipinski definition) is 1. The number of nitrogens with zero attached hydrogens (tertiary/aromatic N) is 2. The van der Waals surface area contributed by atoms with Crippen molar-refractivity contribution in [3.05, 3.63) is 65.9 Å². The Morgan fingerprint density at radius 3 is 2.64 bits per heavy atom. The maximum absolute atomic E-state index is 4.58. The van der Waals surface area contributed by atoms with Crippen molar-refractivity contribution >= 4 is 28.4 Å². The van der Waals surface area contributed by atoms with Crippen LogP contribution in [0.15, 0.2) is 49.1 Å². The number of rotatable bonds is 7. The van der Waals surface area contributed by atoms with Crippen molar-refractivity contribution in [2.75, 3.05) is 13.1 Å². The van der Waals surface area contributed by atoms with Crippen molar-refractivity contribution in [1.82, 2.24) is 9.47 Å². The molecule has 2 atom stereocenters. The first-order chi connectivity index (χ1) is 16.2. The van der Waals surface area contributed by atoms with Gasteiger partial charge < -0.3 is 4.57 Å². The van der Waals surface area contributed by atoms with Crippen molar-refractivity contribution in [2.24, 2.45) is 0 Å². The molecule has 0 N–H and O–H groups in total. The van der Waals surface area contributed by atoms with Crippen LogP contribution in [0.4, 0.5) is 0 Å². The number of benzene rings is 1. The SMILES string of the molecule is C=C(S)c1ccc2c(C3CCCCC3)c3n(c2c1)CCN(CCCCCC)C1C=CC=CC31. The maximum atomic E-state index is 4.58. The average molecular weight is 461 g/mol. The predicted molar refractivity (Wildman–Crippen MR) is 146 cm³/mol. The van der Waals surface area contributed by atoms with E-state index < -0.39 is 0 Å². The fraction of sp³-hybridized carbons (Fsp3) is 0.533. The van der Waals surface area contributed by atoms with Crippen molar-refractivity contribution < 1.29 is 0 Å². The summed E-state index contributed by atoms with van der Waals surface area (Å²) in [6.45, 7) is 9.82. The van der Waals surface area contributed by atoms with Crippen LogP contribution in [0.3, 0.4) is 0 Å². The molecule has 0 radical (unpaired) electrons. The molecule has 2 heterocycles. The van der Waals surface area contributed by atoms with E-state index in [-0.39, 0.29) is 0 Å². The summed E-state index contributed by atoms with van der Waals surface area (Å²) in [4.78, 5) is 3.63. The van der Waals surface area contributed by atoms with E-state index in [1.807, 2.05) is 0 Å². The molecule has 0 spiro atoms. The summed E-state index contributed by atoms with van der Waals surface area (Å²) in [5, 5.41) is 1.48. The highest BCUT2D eigenvalue weighted by Gasteiger charge is 2.36. The summed E-state index contributed by atoms with van der Waals surface area (Å²) in [5.41, 5.74) is 5.80. The Bertz CT molecular complexity index is 1050. The molecule has 1 fully saturated rings. The highest BCUT2D eigenvalue weighted by atomic mass is 32.1. The summed E-state index contributed by atoms with van der Waals surface area (Å²) in [6, 6.07) is 7.44. The molecule has 0 amide bonds. The Labute approximate surface area is 205 Å². The first-order valence-corrected chi connectivity index (χ1v) is 13.8. The second-order valence-electron chi connectivity index (χ2n) is 10.3. The molecule has 2 nitrogen and oxygen atoms in total. The monoisotopic (exact) mass is 460 g/mol. The van der Waals surface area contributed by atoms with Gasteiger partial charge in [-0.3, -0.25) is 4.90 Å². The molecule has 2 aromatic rings.